The summed E-state index contributed by atoms with van der Waals surface area (Å²) < 4.78 is 11.1. The number of carbonyl (C=O) groups excluding carboxylic acids is 2. The fourth-order valence-corrected chi connectivity index (χ4v) is 3.92. The Labute approximate surface area is 217 Å². The number of nitrogens with zero attached hydrogens (tertiary/aromatic N) is 5. The Morgan fingerprint density at radius 3 is 2.35 bits per heavy atom. The molecule has 1 atom stereocenters. The smallest absolute Gasteiger partial charge is 0.415 e. The second-order valence-electron chi connectivity index (χ2n) is 9.81. The van der Waals surface area contributed by atoms with E-state index in [2.05, 4.69) is 20.5 Å². The van der Waals surface area contributed by atoms with Gasteiger partial charge in [0.2, 0.25) is 5.95 Å². The number of ether oxygens (including phenoxy) is 2. The van der Waals surface area contributed by atoms with Gasteiger partial charge >= 0.3 is 12.1 Å². The number of benzene rings is 1. The highest BCUT2D eigenvalue weighted by Crippen LogP contribution is 2.26. The summed E-state index contributed by atoms with van der Waals surface area (Å²) in [6.45, 7) is 12.1. The number of nitrogens with one attached hydrogen (secondary N) is 1. The molecule has 0 spiro atoms. The van der Waals surface area contributed by atoms with Crippen molar-refractivity contribution in [3.63, 3.8) is 0 Å². The molecule has 1 N–H and O–H groups in total. The first-order valence-corrected chi connectivity index (χ1v) is 12.6. The zero-order valence-electron chi connectivity index (χ0n) is 22.2. The van der Waals surface area contributed by atoms with E-state index in [1.54, 1.807) is 49.9 Å². The van der Waals surface area contributed by atoms with Gasteiger partial charge in [0, 0.05) is 32.6 Å². The van der Waals surface area contributed by atoms with Crippen LogP contribution < -0.4 is 15.0 Å². The number of likely N-dealkylation sites (tertiary alicyclic amines) is 1. The number of esters is 1. The molecule has 0 radical (unpaired) electrons. The van der Waals surface area contributed by atoms with E-state index in [1.807, 2.05) is 18.7 Å². The lowest BCUT2D eigenvalue weighted by molar-refractivity contribution is -0.155. The third kappa shape index (κ3) is 7.86. The van der Waals surface area contributed by atoms with E-state index in [1.165, 1.54) is 6.20 Å². The molecule has 2 aromatic rings. The third-order valence-electron chi connectivity index (χ3n) is 5.84. The van der Waals surface area contributed by atoms with Crippen LogP contribution in [0.3, 0.4) is 0 Å². The Morgan fingerprint density at radius 1 is 1.14 bits per heavy atom. The van der Waals surface area contributed by atoms with Crippen molar-refractivity contribution in [1.29, 1.82) is 0 Å². The summed E-state index contributed by atoms with van der Waals surface area (Å²) in [4.78, 5) is 49.2. The first kappa shape index (κ1) is 27.8. The van der Waals surface area contributed by atoms with Gasteiger partial charge in [0.1, 0.15) is 17.4 Å². The van der Waals surface area contributed by atoms with Gasteiger partial charge in [-0.05, 0) is 70.3 Å². The molecule has 0 unspecified atom stereocenters. The summed E-state index contributed by atoms with van der Waals surface area (Å²) >= 11 is 0. The standard InChI is InChI=1S/C26H36N6O5/c1-6-31(7-2)24-27-17-21(30-35)22(29-24)28-20(23(33)37-26(3,4)5)16-18-10-12-19(13-11-18)36-25(34)32-14-8-9-15-32/h10-13,17,20H,6-9,14-16H2,1-5H3,(H,27,28,29)/t20-/m0/s1. The molecule has 1 aliphatic rings. The van der Waals surface area contributed by atoms with Crippen LogP contribution in [0.1, 0.15) is 53.0 Å². The van der Waals surface area contributed by atoms with Gasteiger partial charge in [0.15, 0.2) is 11.5 Å². The maximum Gasteiger partial charge on any atom is 0.415 e. The molecule has 0 aliphatic carbocycles. The number of hydrogen-bond donors (Lipinski definition) is 1. The number of anilines is 2. The number of nitroso groups, excluding NO2 is 1. The number of carbonyl (C=O) groups is 2. The Hall–Kier alpha value is -3.76. The first-order chi connectivity index (χ1) is 17.6. The topological polar surface area (TPSA) is 126 Å². The Morgan fingerprint density at radius 2 is 1.78 bits per heavy atom. The average molecular weight is 513 g/mol. The van der Waals surface area contributed by atoms with E-state index in [0.29, 0.717) is 37.9 Å². The van der Waals surface area contributed by atoms with Gasteiger partial charge in [-0.3, -0.25) is 0 Å². The molecule has 1 aromatic heterocycles. The normalized spacial score (nSPS) is 14.1. The summed E-state index contributed by atoms with van der Waals surface area (Å²) in [7, 11) is 0. The monoisotopic (exact) mass is 512 g/mol. The lowest BCUT2D eigenvalue weighted by Gasteiger charge is -2.26. The minimum absolute atomic E-state index is 0.00589. The van der Waals surface area contributed by atoms with Crippen molar-refractivity contribution in [3.8, 4) is 5.75 Å². The molecular formula is C26H36N6O5. The van der Waals surface area contributed by atoms with Gasteiger partial charge < -0.3 is 24.6 Å². The average Bonchev–Trinajstić information content (AvgIpc) is 3.40. The molecule has 1 fully saturated rings. The number of rotatable bonds is 10. The van der Waals surface area contributed by atoms with Crippen molar-refractivity contribution in [2.24, 2.45) is 5.18 Å². The molecule has 0 bridgehead atoms. The number of aromatic nitrogens is 2. The molecule has 11 heteroatoms. The highest BCUT2D eigenvalue weighted by Gasteiger charge is 2.28. The van der Waals surface area contributed by atoms with Crippen molar-refractivity contribution >= 4 is 29.5 Å². The number of amides is 1. The summed E-state index contributed by atoms with van der Waals surface area (Å²) in [6, 6.07) is 6.09. The van der Waals surface area contributed by atoms with Crippen molar-refractivity contribution in [2.75, 3.05) is 36.4 Å². The van der Waals surface area contributed by atoms with Crippen LogP contribution in [0.4, 0.5) is 22.2 Å². The predicted molar refractivity (Wildman–Crippen MR) is 141 cm³/mol. The van der Waals surface area contributed by atoms with E-state index in [-0.39, 0.29) is 24.0 Å². The van der Waals surface area contributed by atoms with Crippen LogP contribution >= 0.6 is 0 Å². The summed E-state index contributed by atoms with van der Waals surface area (Å²) in [5.41, 5.74) is 0.0747. The van der Waals surface area contributed by atoms with E-state index in [0.717, 1.165) is 18.4 Å². The van der Waals surface area contributed by atoms with Crippen LogP contribution in [0.2, 0.25) is 0 Å². The minimum atomic E-state index is -0.864. The lowest BCUT2D eigenvalue weighted by atomic mass is 10.1. The molecule has 200 valence electrons. The largest absolute Gasteiger partial charge is 0.458 e. The fraction of sp³-hybridized carbons (Fsp3) is 0.538. The van der Waals surface area contributed by atoms with Crippen LogP contribution in [0.15, 0.2) is 35.6 Å². The van der Waals surface area contributed by atoms with Crippen molar-refractivity contribution in [2.45, 2.75) is 65.5 Å². The van der Waals surface area contributed by atoms with Crippen LogP contribution in [-0.2, 0) is 16.0 Å². The summed E-state index contributed by atoms with van der Waals surface area (Å²) in [6.07, 6.45) is 3.18. The van der Waals surface area contributed by atoms with E-state index < -0.39 is 17.6 Å². The maximum atomic E-state index is 13.1. The van der Waals surface area contributed by atoms with Gasteiger partial charge in [-0.1, -0.05) is 12.1 Å². The van der Waals surface area contributed by atoms with Gasteiger partial charge in [0.05, 0.1) is 6.20 Å². The minimum Gasteiger partial charge on any atom is -0.458 e. The molecule has 11 nitrogen and oxygen atoms in total. The zero-order chi connectivity index (χ0) is 27.0. The summed E-state index contributed by atoms with van der Waals surface area (Å²) in [5.74, 6) is 0.498. The fourth-order valence-electron chi connectivity index (χ4n) is 3.92. The van der Waals surface area contributed by atoms with Gasteiger partial charge in [-0.25, -0.2) is 14.6 Å². The molecule has 0 saturated carbocycles. The SMILES string of the molecule is CCN(CC)c1ncc(N=O)c(N[C@@H](Cc2ccc(OC(=O)N3CCCC3)cc2)C(=O)OC(C)(C)C)n1. The Kier molecular flexibility index (Phi) is 9.37. The van der Waals surface area contributed by atoms with E-state index in [4.69, 9.17) is 9.47 Å². The summed E-state index contributed by atoms with van der Waals surface area (Å²) in [5, 5.41) is 6.09. The molecule has 2 heterocycles. The molecule has 37 heavy (non-hydrogen) atoms. The second-order valence-corrected chi connectivity index (χ2v) is 9.81. The molecule has 1 saturated heterocycles. The third-order valence-corrected chi connectivity index (χ3v) is 5.84. The Balaban J connectivity index is 1.81. The van der Waals surface area contributed by atoms with Crippen molar-refractivity contribution in [3.05, 3.63) is 40.9 Å². The van der Waals surface area contributed by atoms with Crippen molar-refractivity contribution < 1.29 is 19.1 Å². The van der Waals surface area contributed by atoms with Crippen LogP contribution in [0, 0.1) is 4.91 Å². The molecular weight excluding hydrogens is 476 g/mol. The molecule has 1 aliphatic heterocycles. The van der Waals surface area contributed by atoms with E-state index in [9.17, 15) is 14.5 Å². The molecule has 1 amide bonds. The van der Waals surface area contributed by atoms with Crippen LogP contribution in [0.5, 0.6) is 5.75 Å². The first-order valence-electron chi connectivity index (χ1n) is 12.6. The quantitative estimate of drug-likeness (QED) is 0.356. The van der Waals surface area contributed by atoms with Gasteiger partial charge in [-0.15, -0.1) is 4.91 Å². The maximum absolute atomic E-state index is 13.1. The highest BCUT2D eigenvalue weighted by atomic mass is 16.6. The predicted octanol–water partition coefficient (Wildman–Crippen LogP) is 4.68. The van der Waals surface area contributed by atoms with Gasteiger partial charge in [0.25, 0.3) is 0 Å². The number of hydrogen-bond acceptors (Lipinski definition) is 10. The van der Waals surface area contributed by atoms with E-state index >= 15 is 0 Å². The second kappa shape index (κ2) is 12.5. The van der Waals surface area contributed by atoms with Crippen LogP contribution in [-0.4, -0.2) is 64.8 Å². The highest BCUT2D eigenvalue weighted by molar-refractivity contribution is 5.81. The molecule has 3 rings (SSSR count). The Bertz CT molecular complexity index is 1080. The lowest BCUT2D eigenvalue weighted by Crippen LogP contribution is -2.38. The van der Waals surface area contributed by atoms with Crippen LogP contribution in [0.25, 0.3) is 0 Å². The van der Waals surface area contributed by atoms with Crippen molar-refractivity contribution in [1.82, 2.24) is 14.9 Å². The van der Waals surface area contributed by atoms with Gasteiger partial charge in [-0.2, -0.15) is 4.98 Å². The molecule has 1 aromatic carbocycles. The zero-order valence-corrected chi connectivity index (χ0v) is 22.2.